The van der Waals surface area contributed by atoms with Crippen LogP contribution in [-0.4, -0.2) is 24.9 Å². The minimum Gasteiger partial charge on any atom is -0.320 e. The van der Waals surface area contributed by atoms with Gasteiger partial charge in [0.1, 0.15) is 6.33 Å². The van der Waals surface area contributed by atoms with Crippen molar-refractivity contribution >= 4 is 10.0 Å². The van der Waals surface area contributed by atoms with Gasteiger partial charge in [-0.25, -0.2) is 23.1 Å². The standard InChI is InChI=1S/C14H14N4O2S/c15-7-2-4-12-3-1-5-14(9-12)21(19,20)18-10-13-6-8-16-11-17-13/h1,3,5-6,8-9,11,18H,7,10,15H2. The fraction of sp³-hybridized carbons (Fsp3) is 0.143. The molecule has 0 bridgehead atoms. The molecule has 0 aliphatic rings. The van der Waals surface area contributed by atoms with Crippen LogP contribution in [0.5, 0.6) is 0 Å². The first kappa shape index (κ1) is 15.1. The van der Waals surface area contributed by atoms with E-state index in [1.54, 1.807) is 24.4 Å². The van der Waals surface area contributed by atoms with E-state index in [-0.39, 0.29) is 18.0 Å². The van der Waals surface area contributed by atoms with Crippen LogP contribution in [0.2, 0.25) is 0 Å². The van der Waals surface area contributed by atoms with Crippen molar-refractivity contribution in [2.24, 2.45) is 5.73 Å². The van der Waals surface area contributed by atoms with Crippen molar-refractivity contribution in [2.45, 2.75) is 11.4 Å². The topological polar surface area (TPSA) is 98.0 Å². The van der Waals surface area contributed by atoms with Crippen LogP contribution in [-0.2, 0) is 16.6 Å². The fourth-order valence-corrected chi connectivity index (χ4v) is 2.61. The number of rotatable bonds is 4. The fourth-order valence-electron chi connectivity index (χ4n) is 1.57. The van der Waals surface area contributed by atoms with Crippen LogP contribution in [0.3, 0.4) is 0 Å². The number of aromatic nitrogens is 2. The van der Waals surface area contributed by atoms with Gasteiger partial charge in [0.15, 0.2) is 0 Å². The van der Waals surface area contributed by atoms with E-state index >= 15 is 0 Å². The molecule has 0 atom stereocenters. The number of sulfonamides is 1. The van der Waals surface area contributed by atoms with Crippen LogP contribution in [0.15, 0.2) is 47.8 Å². The van der Waals surface area contributed by atoms with Gasteiger partial charge in [-0.05, 0) is 24.3 Å². The van der Waals surface area contributed by atoms with Gasteiger partial charge in [0.05, 0.1) is 23.7 Å². The van der Waals surface area contributed by atoms with Gasteiger partial charge in [-0.3, -0.25) is 0 Å². The van der Waals surface area contributed by atoms with Gasteiger partial charge in [0, 0.05) is 11.8 Å². The lowest BCUT2D eigenvalue weighted by Crippen LogP contribution is -2.23. The zero-order valence-electron chi connectivity index (χ0n) is 11.2. The van der Waals surface area contributed by atoms with Gasteiger partial charge in [0.25, 0.3) is 0 Å². The highest BCUT2D eigenvalue weighted by molar-refractivity contribution is 7.89. The maximum absolute atomic E-state index is 12.2. The van der Waals surface area contributed by atoms with Crippen molar-refractivity contribution in [3.8, 4) is 11.8 Å². The third-order valence-corrected chi connectivity index (χ3v) is 3.96. The summed E-state index contributed by atoms with van der Waals surface area (Å²) in [5, 5.41) is 0. The van der Waals surface area contributed by atoms with Crippen LogP contribution in [0.4, 0.5) is 0 Å². The average molecular weight is 302 g/mol. The Morgan fingerprint density at radius 1 is 1.29 bits per heavy atom. The predicted molar refractivity (Wildman–Crippen MR) is 78.4 cm³/mol. The highest BCUT2D eigenvalue weighted by Crippen LogP contribution is 2.11. The van der Waals surface area contributed by atoms with Crippen LogP contribution in [0, 0.1) is 11.8 Å². The van der Waals surface area contributed by atoms with E-state index in [0.717, 1.165) is 0 Å². The molecule has 0 radical (unpaired) electrons. The van der Waals surface area contributed by atoms with E-state index in [1.165, 1.54) is 18.5 Å². The second-order valence-electron chi connectivity index (χ2n) is 4.06. The number of nitrogens with zero attached hydrogens (tertiary/aromatic N) is 2. The largest absolute Gasteiger partial charge is 0.320 e. The van der Waals surface area contributed by atoms with Crippen LogP contribution < -0.4 is 10.5 Å². The lowest BCUT2D eigenvalue weighted by Gasteiger charge is -2.06. The van der Waals surface area contributed by atoms with Gasteiger partial charge >= 0.3 is 0 Å². The molecule has 108 valence electrons. The summed E-state index contributed by atoms with van der Waals surface area (Å²) in [5.41, 5.74) is 6.49. The summed E-state index contributed by atoms with van der Waals surface area (Å²) < 4.78 is 26.9. The first-order chi connectivity index (χ1) is 10.1. The van der Waals surface area contributed by atoms with E-state index in [1.807, 2.05) is 0 Å². The summed E-state index contributed by atoms with van der Waals surface area (Å²) in [5.74, 6) is 5.49. The molecular weight excluding hydrogens is 288 g/mol. The zero-order valence-corrected chi connectivity index (χ0v) is 12.0. The maximum atomic E-state index is 12.2. The maximum Gasteiger partial charge on any atom is 0.240 e. The second kappa shape index (κ2) is 6.95. The Morgan fingerprint density at radius 2 is 2.14 bits per heavy atom. The molecule has 2 aromatic rings. The third-order valence-electron chi connectivity index (χ3n) is 2.57. The Kier molecular flexibility index (Phi) is 5.00. The second-order valence-corrected chi connectivity index (χ2v) is 5.83. The number of nitrogens with one attached hydrogen (secondary N) is 1. The molecule has 0 saturated heterocycles. The molecule has 6 nitrogen and oxygen atoms in total. The molecule has 2 rings (SSSR count). The predicted octanol–water partition coefficient (Wildman–Crippen LogP) is 0.265. The molecule has 1 aromatic heterocycles. The summed E-state index contributed by atoms with van der Waals surface area (Å²) >= 11 is 0. The SMILES string of the molecule is NCC#Cc1cccc(S(=O)(=O)NCc2ccncn2)c1. The van der Waals surface area contributed by atoms with Crippen molar-refractivity contribution in [2.75, 3.05) is 6.54 Å². The van der Waals surface area contributed by atoms with E-state index in [9.17, 15) is 8.42 Å². The van der Waals surface area contributed by atoms with Crippen molar-refractivity contribution in [1.82, 2.24) is 14.7 Å². The monoisotopic (exact) mass is 302 g/mol. The Labute approximate surface area is 123 Å². The van der Waals surface area contributed by atoms with Gasteiger partial charge in [-0.15, -0.1) is 0 Å². The average Bonchev–Trinajstić information content (AvgIpc) is 2.52. The normalized spacial score (nSPS) is 10.7. The highest BCUT2D eigenvalue weighted by Gasteiger charge is 2.14. The van der Waals surface area contributed by atoms with Crippen LogP contribution in [0.25, 0.3) is 0 Å². The van der Waals surface area contributed by atoms with Crippen molar-refractivity contribution < 1.29 is 8.42 Å². The minimum atomic E-state index is -3.62. The lowest BCUT2D eigenvalue weighted by molar-refractivity contribution is 0.580. The molecular formula is C14H14N4O2S. The van der Waals surface area contributed by atoms with Crippen molar-refractivity contribution in [3.63, 3.8) is 0 Å². The molecule has 7 heteroatoms. The first-order valence-electron chi connectivity index (χ1n) is 6.15. The van der Waals surface area contributed by atoms with Crippen LogP contribution in [0.1, 0.15) is 11.3 Å². The van der Waals surface area contributed by atoms with Gasteiger partial charge < -0.3 is 5.73 Å². The summed E-state index contributed by atoms with van der Waals surface area (Å²) in [6.07, 6.45) is 2.92. The number of nitrogens with two attached hydrogens (primary N) is 1. The van der Waals surface area contributed by atoms with Crippen molar-refractivity contribution in [3.05, 3.63) is 54.1 Å². The Balaban J connectivity index is 2.16. The van der Waals surface area contributed by atoms with E-state index in [2.05, 4.69) is 26.5 Å². The molecule has 0 aliphatic carbocycles. The zero-order chi connectivity index (χ0) is 15.1. The number of benzene rings is 1. The molecule has 21 heavy (non-hydrogen) atoms. The quantitative estimate of drug-likeness (QED) is 0.790. The molecule has 0 fully saturated rings. The Hall–Kier alpha value is -2.27. The Bertz CT molecular complexity index is 764. The lowest BCUT2D eigenvalue weighted by atomic mass is 10.2. The Morgan fingerprint density at radius 3 is 2.86 bits per heavy atom. The summed E-state index contributed by atoms with van der Waals surface area (Å²) in [6.45, 7) is 0.326. The van der Waals surface area contributed by atoms with E-state index in [0.29, 0.717) is 11.3 Å². The molecule has 0 amide bonds. The molecule has 0 saturated carbocycles. The molecule has 0 aliphatic heterocycles. The van der Waals surface area contributed by atoms with Gasteiger partial charge in [-0.2, -0.15) is 0 Å². The van der Waals surface area contributed by atoms with Gasteiger partial charge in [0.2, 0.25) is 10.0 Å². The number of hydrogen-bond acceptors (Lipinski definition) is 5. The van der Waals surface area contributed by atoms with Gasteiger partial charge in [-0.1, -0.05) is 17.9 Å². The molecule has 1 aromatic carbocycles. The molecule has 0 unspecified atom stereocenters. The third kappa shape index (κ3) is 4.36. The number of hydrogen-bond donors (Lipinski definition) is 2. The molecule has 1 heterocycles. The summed E-state index contributed by atoms with van der Waals surface area (Å²) in [7, 11) is -3.62. The summed E-state index contributed by atoms with van der Waals surface area (Å²) in [6, 6.07) is 8.03. The highest BCUT2D eigenvalue weighted by atomic mass is 32.2. The molecule has 3 N–H and O–H groups in total. The van der Waals surface area contributed by atoms with E-state index in [4.69, 9.17) is 5.73 Å². The molecule has 0 spiro atoms. The first-order valence-corrected chi connectivity index (χ1v) is 7.64. The minimum absolute atomic E-state index is 0.101. The summed E-state index contributed by atoms with van der Waals surface area (Å²) in [4.78, 5) is 7.89. The smallest absolute Gasteiger partial charge is 0.240 e. The van der Waals surface area contributed by atoms with Crippen LogP contribution >= 0.6 is 0 Å². The van der Waals surface area contributed by atoms with E-state index < -0.39 is 10.0 Å². The van der Waals surface area contributed by atoms with Crippen molar-refractivity contribution in [1.29, 1.82) is 0 Å².